The second kappa shape index (κ2) is 10.9. The van der Waals surface area contributed by atoms with Crippen molar-refractivity contribution in [1.29, 1.82) is 0 Å². The van der Waals surface area contributed by atoms with Gasteiger partial charge in [0.15, 0.2) is 0 Å². The summed E-state index contributed by atoms with van der Waals surface area (Å²) >= 11 is 0. The second-order valence-electron chi connectivity index (χ2n) is 9.77. The summed E-state index contributed by atoms with van der Waals surface area (Å²) < 4.78 is 7.94. The Morgan fingerprint density at radius 3 is 2.44 bits per heavy atom. The van der Waals surface area contributed by atoms with Gasteiger partial charge < -0.3 is 14.2 Å². The third kappa shape index (κ3) is 5.53. The van der Waals surface area contributed by atoms with Gasteiger partial charge >= 0.3 is 0 Å². The van der Waals surface area contributed by atoms with Crippen molar-refractivity contribution in [3.8, 4) is 5.75 Å². The molecule has 1 amide bonds. The molecular formula is C29H37N3O2. The Hall–Kier alpha value is -3.05. The Morgan fingerprint density at radius 1 is 1.03 bits per heavy atom. The summed E-state index contributed by atoms with van der Waals surface area (Å²) in [5.74, 6) is 1.73. The first-order valence-corrected chi connectivity index (χ1v) is 12.2. The maximum absolute atomic E-state index is 13.3. The average molecular weight is 460 g/mol. The van der Waals surface area contributed by atoms with E-state index in [-0.39, 0.29) is 11.8 Å². The lowest BCUT2D eigenvalue weighted by atomic mass is 9.87. The van der Waals surface area contributed by atoms with E-state index >= 15 is 0 Å². The molecule has 0 saturated carbocycles. The summed E-state index contributed by atoms with van der Waals surface area (Å²) in [5, 5.41) is 0. The normalized spacial score (nSPS) is 18.4. The number of rotatable bonds is 9. The predicted octanol–water partition coefficient (Wildman–Crippen LogP) is 4.93. The third-order valence-electron chi connectivity index (χ3n) is 6.97. The molecule has 1 saturated heterocycles. The first-order chi connectivity index (χ1) is 16.5. The van der Waals surface area contributed by atoms with Crippen LogP contribution in [0.3, 0.4) is 0 Å². The number of likely N-dealkylation sites (tertiary alicyclic amines) is 1. The number of carbonyl (C=O) groups excluding carboxylic acids is 1. The zero-order chi connectivity index (χ0) is 24.1. The van der Waals surface area contributed by atoms with Gasteiger partial charge in [-0.2, -0.15) is 0 Å². The molecule has 34 heavy (non-hydrogen) atoms. The molecule has 3 aromatic rings. The van der Waals surface area contributed by atoms with Gasteiger partial charge in [0.1, 0.15) is 5.75 Å². The van der Waals surface area contributed by atoms with Gasteiger partial charge in [0, 0.05) is 63.5 Å². The minimum Gasteiger partial charge on any atom is -0.496 e. The van der Waals surface area contributed by atoms with E-state index < -0.39 is 0 Å². The SMILES string of the molecule is COc1ccccc1[C@@H]1CN(Cc2cccn2C)C[C@H]1CN(Cc1ccccc1)C(=O)C(C)C. The van der Waals surface area contributed by atoms with Gasteiger partial charge in [-0.3, -0.25) is 9.69 Å². The van der Waals surface area contributed by atoms with Crippen LogP contribution in [0.1, 0.15) is 36.6 Å². The number of aryl methyl sites for hydroxylation is 1. The maximum Gasteiger partial charge on any atom is 0.225 e. The first-order valence-electron chi connectivity index (χ1n) is 12.2. The molecular weight excluding hydrogens is 422 g/mol. The molecule has 2 aromatic carbocycles. The summed E-state index contributed by atoms with van der Waals surface area (Å²) in [6.07, 6.45) is 2.10. The Kier molecular flexibility index (Phi) is 7.73. The molecule has 0 aliphatic carbocycles. The topological polar surface area (TPSA) is 37.7 Å². The summed E-state index contributed by atoms with van der Waals surface area (Å²) in [6.45, 7) is 8.17. The van der Waals surface area contributed by atoms with E-state index in [1.807, 2.05) is 44.2 Å². The zero-order valence-electron chi connectivity index (χ0n) is 20.9. The molecule has 0 radical (unpaired) electrons. The number of ether oxygens (including phenoxy) is 1. The van der Waals surface area contributed by atoms with Gasteiger partial charge in [-0.25, -0.2) is 0 Å². The smallest absolute Gasteiger partial charge is 0.225 e. The maximum atomic E-state index is 13.3. The summed E-state index contributed by atoms with van der Waals surface area (Å²) in [4.78, 5) is 17.9. The van der Waals surface area contributed by atoms with Crippen LogP contribution in [0.25, 0.3) is 0 Å². The minimum absolute atomic E-state index is 0.0331. The van der Waals surface area contributed by atoms with Gasteiger partial charge in [0.25, 0.3) is 0 Å². The fourth-order valence-corrected chi connectivity index (χ4v) is 5.17. The Labute approximate surface area is 203 Å². The number of para-hydroxylation sites is 1. The monoisotopic (exact) mass is 459 g/mol. The molecule has 2 heterocycles. The van der Waals surface area contributed by atoms with Gasteiger partial charge in [-0.15, -0.1) is 0 Å². The number of nitrogens with zero attached hydrogens (tertiary/aromatic N) is 3. The second-order valence-corrected chi connectivity index (χ2v) is 9.77. The van der Waals surface area contributed by atoms with Crippen LogP contribution >= 0.6 is 0 Å². The van der Waals surface area contributed by atoms with Crippen molar-refractivity contribution >= 4 is 5.91 Å². The fraction of sp³-hybridized carbons (Fsp3) is 0.414. The number of hydrogen-bond acceptors (Lipinski definition) is 3. The quantitative estimate of drug-likeness (QED) is 0.455. The van der Waals surface area contributed by atoms with Crippen LogP contribution in [-0.4, -0.2) is 47.0 Å². The van der Waals surface area contributed by atoms with Crippen LogP contribution < -0.4 is 4.74 Å². The fourth-order valence-electron chi connectivity index (χ4n) is 5.17. The summed E-state index contributed by atoms with van der Waals surface area (Å²) in [5.41, 5.74) is 3.71. The van der Waals surface area contributed by atoms with Crippen molar-refractivity contribution in [2.24, 2.45) is 18.9 Å². The van der Waals surface area contributed by atoms with Crippen LogP contribution in [0.4, 0.5) is 0 Å². The zero-order valence-corrected chi connectivity index (χ0v) is 20.9. The van der Waals surface area contributed by atoms with Crippen LogP contribution in [0.5, 0.6) is 5.75 Å². The van der Waals surface area contributed by atoms with Gasteiger partial charge in [0.05, 0.1) is 7.11 Å². The highest BCUT2D eigenvalue weighted by Crippen LogP contribution is 2.38. The van der Waals surface area contributed by atoms with Crippen molar-refractivity contribution in [2.45, 2.75) is 32.9 Å². The highest BCUT2D eigenvalue weighted by atomic mass is 16.5. The number of benzene rings is 2. The van der Waals surface area contributed by atoms with E-state index in [4.69, 9.17) is 4.74 Å². The highest BCUT2D eigenvalue weighted by Gasteiger charge is 2.37. The number of carbonyl (C=O) groups is 1. The molecule has 2 atom stereocenters. The van der Waals surface area contributed by atoms with Crippen molar-refractivity contribution in [1.82, 2.24) is 14.4 Å². The van der Waals surface area contributed by atoms with Crippen molar-refractivity contribution in [3.05, 3.63) is 89.7 Å². The summed E-state index contributed by atoms with van der Waals surface area (Å²) in [7, 11) is 3.85. The molecule has 0 unspecified atom stereocenters. The number of hydrogen-bond donors (Lipinski definition) is 0. The van der Waals surface area contributed by atoms with Crippen LogP contribution in [0.15, 0.2) is 72.9 Å². The lowest BCUT2D eigenvalue weighted by Gasteiger charge is -2.30. The molecule has 1 aliphatic heterocycles. The lowest BCUT2D eigenvalue weighted by Crippen LogP contribution is -2.39. The molecule has 0 bridgehead atoms. The standard InChI is InChI=1S/C29H37N3O2/c1-22(2)29(33)32(17-23-11-6-5-7-12-23)19-24-18-31(20-25-13-10-16-30(25)3)21-27(24)26-14-8-9-15-28(26)34-4/h5-16,22,24,27H,17-21H2,1-4H3/t24-,27+/m0/s1. The molecule has 4 rings (SSSR count). The highest BCUT2D eigenvalue weighted by molar-refractivity contribution is 5.78. The largest absolute Gasteiger partial charge is 0.496 e. The predicted molar refractivity (Wildman–Crippen MR) is 137 cm³/mol. The number of methoxy groups -OCH3 is 1. The molecule has 1 aliphatic rings. The van der Waals surface area contributed by atoms with E-state index in [0.29, 0.717) is 18.4 Å². The van der Waals surface area contributed by atoms with Gasteiger partial charge in [-0.1, -0.05) is 62.4 Å². The summed E-state index contributed by atoms with van der Waals surface area (Å²) in [6, 6.07) is 23.0. The molecule has 0 spiro atoms. The number of amides is 1. The van der Waals surface area contributed by atoms with Crippen LogP contribution in [0.2, 0.25) is 0 Å². The molecule has 180 valence electrons. The van der Waals surface area contributed by atoms with E-state index in [0.717, 1.165) is 31.9 Å². The minimum atomic E-state index is -0.0331. The molecule has 1 aromatic heterocycles. The van der Waals surface area contributed by atoms with E-state index in [1.54, 1.807) is 7.11 Å². The average Bonchev–Trinajstić information content (AvgIpc) is 3.44. The first kappa shape index (κ1) is 24.1. The Bertz CT molecular complexity index is 1080. The number of aromatic nitrogens is 1. The molecule has 5 nitrogen and oxygen atoms in total. The van der Waals surface area contributed by atoms with Crippen molar-refractivity contribution in [2.75, 3.05) is 26.7 Å². The molecule has 5 heteroatoms. The molecule has 0 N–H and O–H groups in total. The van der Waals surface area contributed by atoms with E-state index in [2.05, 4.69) is 64.0 Å². The Balaban J connectivity index is 1.61. The van der Waals surface area contributed by atoms with Crippen LogP contribution in [-0.2, 0) is 24.9 Å². The van der Waals surface area contributed by atoms with Crippen molar-refractivity contribution < 1.29 is 9.53 Å². The third-order valence-corrected chi connectivity index (χ3v) is 6.97. The molecule has 1 fully saturated rings. The van der Waals surface area contributed by atoms with Gasteiger partial charge in [0.2, 0.25) is 5.91 Å². The van der Waals surface area contributed by atoms with Gasteiger partial charge in [-0.05, 0) is 35.2 Å². The van der Waals surface area contributed by atoms with E-state index in [1.165, 1.54) is 16.8 Å². The van der Waals surface area contributed by atoms with Crippen LogP contribution in [0, 0.1) is 11.8 Å². The Morgan fingerprint density at radius 2 is 1.76 bits per heavy atom. The van der Waals surface area contributed by atoms with Crippen molar-refractivity contribution in [3.63, 3.8) is 0 Å². The van der Waals surface area contributed by atoms with E-state index in [9.17, 15) is 4.79 Å². The lowest BCUT2D eigenvalue weighted by molar-refractivity contribution is -0.135.